The van der Waals surface area contributed by atoms with Crippen LogP contribution in [0.3, 0.4) is 0 Å². The summed E-state index contributed by atoms with van der Waals surface area (Å²) in [5.41, 5.74) is 3.02. The van der Waals surface area contributed by atoms with E-state index >= 15 is 0 Å². The molecule has 1 aromatic heterocycles. The van der Waals surface area contributed by atoms with Gasteiger partial charge in [-0.15, -0.1) is 0 Å². The fourth-order valence-electron chi connectivity index (χ4n) is 2.97. The summed E-state index contributed by atoms with van der Waals surface area (Å²) in [7, 11) is 0. The minimum absolute atomic E-state index is 0.275. The number of ether oxygens (including phenoxy) is 2. The standard InChI is InChI=1S/C24H23N3O3/c1-3-17-12-19(14-22(13-17)30-21-6-5-11-26-16-21)23(24(28)29-4-2)27-20-9-7-18(15-25)8-10-20/h5-14,16,23,27H,3-4H2,1-2H3. The van der Waals surface area contributed by atoms with Crippen LogP contribution in [0.2, 0.25) is 0 Å². The number of aryl methyl sites for hydroxylation is 1. The zero-order valence-corrected chi connectivity index (χ0v) is 17.0. The molecule has 1 N–H and O–H groups in total. The summed E-state index contributed by atoms with van der Waals surface area (Å²) < 4.78 is 11.3. The van der Waals surface area contributed by atoms with Crippen molar-refractivity contribution < 1.29 is 14.3 Å². The molecule has 6 heteroatoms. The van der Waals surface area contributed by atoms with Gasteiger partial charge in [0.05, 0.1) is 24.4 Å². The molecule has 0 saturated carbocycles. The van der Waals surface area contributed by atoms with Gasteiger partial charge in [0.1, 0.15) is 11.5 Å². The van der Waals surface area contributed by atoms with Crippen LogP contribution < -0.4 is 10.1 Å². The average molecular weight is 401 g/mol. The van der Waals surface area contributed by atoms with E-state index in [4.69, 9.17) is 14.7 Å². The zero-order valence-electron chi connectivity index (χ0n) is 17.0. The van der Waals surface area contributed by atoms with Gasteiger partial charge in [-0.2, -0.15) is 5.26 Å². The van der Waals surface area contributed by atoms with Crippen LogP contribution in [0.25, 0.3) is 0 Å². The Labute approximate surface area is 176 Å². The zero-order chi connectivity index (χ0) is 21.3. The van der Waals surface area contributed by atoms with Crippen LogP contribution in [0.4, 0.5) is 5.69 Å². The lowest BCUT2D eigenvalue weighted by molar-refractivity contribution is -0.144. The first kappa shape index (κ1) is 20.9. The summed E-state index contributed by atoms with van der Waals surface area (Å²) in [6.45, 7) is 4.09. The molecule has 1 heterocycles. The van der Waals surface area contributed by atoms with Crippen molar-refractivity contribution in [3.8, 4) is 17.6 Å². The quantitative estimate of drug-likeness (QED) is 0.533. The summed E-state index contributed by atoms with van der Waals surface area (Å²) in [5.74, 6) is 0.847. The van der Waals surface area contributed by atoms with E-state index in [1.165, 1.54) is 0 Å². The van der Waals surface area contributed by atoms with Gasteiger partial charge in [-0.25, -0.2) is 4.79 Å². The average Bonchev–Trinajstić information content (AvgIpc) is 2.78. The highest BCUT2D eigenvalue weighted by molar-refractivity contribution is 5.81. The third kappa shape index (κ3) is 5.36. The summed E-state index contributed by atoms with van der Waals surface area (Å²) in [6.07, 6.45) is 4.10. The van der Waals surface area contributed by atoms with E-state index in [0.29, 0.717) is 22.7 Å². The molecule has 3 rings (SSSR count). The van der Waals surface area contributed by atoms with Gasteiger partial charge in [0.15, 0.2) is 6.04 Å². The number of pyridine rings is 1. The van der Waals surface area contributed by atoms with Gasteiger partial charge in [-0.3, -0.25) is 4.98 Å². The lowest BCUT2D eigenvalue weighted by Crippen LogP contribution is -2.23. The number of nitrogens with zero attached hydrogens (tertiary/aromatic N) is 2. The molecule has 0 fully saturated rings. The van der Waals surface area contributed by atoms with E-state index in [0.717, 1.165) is 17.5 Å². The van der Waals surface area contributed by atoms with E-state index in [1.54, 1.807) is 49.6 Å². The number of nitriles is 1. The maximum atomic E-state index is 12.8. The van der Waals surface area contributed by atoms with Crippen molar-refractivity contribution in [2.24, 2.45) is 0 Å². The van der Waals surface area contributed by atoms with Crippen molar-refractivity contribution in [1.29, 1.82) is 5.26 Å². The summed E-state index contributed by atoms with van der Waals surface area (Å²) >= 11 is 0. The van der Waals surface area contributed by atoms with E-state index in [1.807, 2.05) is 31.2 Å². The molecular weight excluding hydrogens is 378 g/mol. The third-order valence-electron chi connectivity index (χ3n) is 4.45. The minimum atomic E-state index is -0.722. The van der Waals surface area contributed by atoms with Gasteiger partial charge in [-0.05, 0) is 73.0 Å². The molecule has 6 nitrogen and oxygen atoms in total. The second kappa shape index (κ2) is 10.1. The molecule has 1 unspecified atom stereocenters. The normalized spacial score (nSPS) is 11.2. The summed E-state index contributed by atoms with van der Waals surface area (Å²) in [5, 5.41) is 12.2. The number of anilines is 1. The molecule has 0 bridgehead atoms. The van der Waals surface area contributed by atoms with Gasteiger partial charge in [-0.1, -0.05) is 13.0 Å². The predicted octanol–water partition coefficient (Wildman–Crippen LogP) is 5.02. The van der Waals surface area contributed by atoms with Crippen LogP contribution in [-0.4, -0.2) is 17.6 Å². The van der Waals surface area contributed by atoms with Crippen LogP contribution in [0.5, 0.6) is 11.5 Å². The molecule has 30 heavy (non-hydrogen) atoms. The van der Waals surface area contributed by atoms with Gasteiger partial charge >= 0.3 is 5.97 Å². The largest absolute Gasteiger partial charge is 0.464 e. The van der Waals surface area contributed by atoms with Crippen molar-refractivity contribution in [2.75, 3.05) is 11.9 Å². The third-order valence-corrected chi connectivity index (χ3v) is 4.45. The lowest BCUT2D eigenvalue weighted by Gasteiger charge is -2.20. The molecule has 0 spiro atoms. The number of rotatable bonds is 8. The Kier molecular flexibility index (Phi) is 7.01. The maximum absolute atomic E-state index is 12.8. The molecule has 0 aliphatic carbocycles. The highest BCUT2D eigenvalue weighted by atomic mass is 16.5. The number of carbonyl (C=O) groups excluding carboxylic acids is 1. The van der Waals surface area contributed by atoms with Gasteiger partial charge < -0.3 is 14.8 Å². The summed E-state index contributed by atoms with van der Waals surface area (Å²) in [6, 6.07) is 17.6. The SMILES string of the molecule is CCOC(=O)C(Nc1ccc(C#N)cc1)c1cc(CC)cc(Oc2cccnc2)c1. The fourth-order valence-corrected chi connectivity index (χ4v) is 2.97. The second-order valence-corrected chi connectivity index (χ2v) is 6.57. The number of aromatic nitrogens is 1. The summed E-state index contributed by atoms with van der Waals surface area (Å²) in [4.78, 5) is 16.8. The molecule has 1 atom stereocenters. The Hall–Kier alpha value is -3.85. The first-order valence-electron chi connectivity index (χ1n) is 9.78. The predicted molar refractivity (Wildman–Crippen MR) is 114 cm³/mol. The maximum Gasteiger partial charge on any atom is 0.333 e. The highest BCUT2D eigenvalue weighted by Gasteiger charge is 2.23. The molecular formula is C24H23N3O3. The van der Waals surface area contributed by atoms with Gasteiger partial charge in [0, 0.05) is 11.9 Å². The van der Waals surface area contributed by atoms with Crippen molar-refractivity contribution in [3.63, 3.8) is 0 Å². The number of carbonyl (C=O) groups is 1. The first-order chi connectivity index (χ1) is 14.6. The van der Waals surface area contributed by atoms with Crippen LogP contribution in [0.15, 0.2) is 67.0 Å². The van der Waals surface area contributed by atoms with Crippen LogP contribution in [0.1, 0.15) is 36.6 Å². The van der Waals surface area contributed by atoms with Crippen molar-refractivity contribution in [2.45, 2.75) is 26.3 Å². The van der Waals surface area contributed by atoms with Gasteiger partial charge in [0.25, 0.3) is 0 Å². The molecule has 152 valence electrons. The number of nitrogens with one attached hydrogen (secondary N) is 1. The molecule has 0 aliphatic rings. The smallest absolute Gasteiger partial charge is 0.333 e. The molecule has 0 amide bonds. The van der Waals surface area contributed by atoms with E-state index in [-0.39, 0.29) is 12.6 Å². The van der Waals surface area contributed by atoms with Crippen LogP contribution in [-0.2, 0) is 16.0 Å². The van der Waals surface area contributed by atoms with Crippen LogP contribution in [0, 0.1) is 11.3 Å². The first-order valence-corrected chi connectivity index (χ1v) is 9.78. The number of hydrogen-bond donors (Lipinski definition) is 1. The highest BCUT2D eigenvalue weighted by Crippen LogP contribution is 2.29. The number of hydrogen-bond acceptors (Lipinski definition) is 6. The lowest BCUT2D eigenvalue weighted by atomic mass is 10.0. The Morgan fingerprint density at radius 1 is 1.13 bits per heavy atom. The monoisotopic (exact) mass is 401 g/mol. The Balaban J connectivity index is 1.95. The number of esters is 1. The minimum Gasteiger partial charge on any atom is -0.464 e. The fraction of sp³-hybridized carbons (Fsp3) is 0.208. The van der Waals surface area contributed by atoms with E-state index in [2.05, 4.69) is 16.4 Å². The Morgan fingerprint density at radius 2 is 1.93 bits per heavy atom. The van der Waals surface area contributed by atoms with Gasteiger partial charge in [0.2, 0.25) is 0 Å². The van der Waals surface area contributed by atoms with Crippen LogP contribution >= 0.6 is 0 Å². The van der Waals surface area contributed by atoms with Crippen molar-refractivity contribution in [3.05, 3.63) is 83.7 Å². The van der Waals surface area contributed by atoms with Crippen molar-refractivity contribution >= 4 is 11.7 Å². The molecule has 0 aliphatic heterocycles. The van der Waals surface area contributed by atoms with E-state index in [9.17, 15) is 4.79 Å². The topological polar surface area (TPSA) is 84.2 Å². The molecule has 0 radical (unpaired) electrons. The Morgan fingerprint density at radius 3 is 2.57 bits per heavy atom. The molecule has 3 aromatic rings. The second-order valence-electron chi connectivity index (χ2n) is 6.57. The number of benzene rings is 2. The molecule has 2 aromatic carbocycles. The Bertz CT molecular complexity index is 1030. The van der Waals surface area contributed by atoms with Crippen molar-refractivity contribution in [1.82, 2.24) is 4.98 Å². The van der Waals surface area contributed by atoms with E-state index < -0.39 is 6.04 Å². The molecule has 0 saturated heterocycles.